The molecule has 2 atom stereocenters. The first-order valence-electron chi connectivity index (χ1n) is 9.75. The Morgan fingerprint density at radius 2 is 1.70 bits per heavy atom. The van der Waals surface area contributed by atoms with Gasteiger partial charge in [-0.25, -0.2) is 14.0 Å². The van der Waals surface area contributed by atoms with Crippen LogP contribution in [0.5, 0.6) is 0 Å². The highest BCUT2D eigenvalue weighted by molar-refractivity contribution is 5.99. The van der Waals surface area contributed by atoms with E-state index in [2.05, 4.69) is 16.0 Å². The molecule has 2 rings (SSSR count). The molecule has 3 N–H and O–H groups in total. The molecule has 0 bridgehead atoms. The molecule has 30 heavy (non-hydrogen) atoms. The van der Waals surface area contributed by atoms with Gasteiger partial charge in [-0.05, 0) is 55.3 Å². The average Bonchev–Trinajstić information content (AvgIpc) is 2.72. The van der Waals surface area contributed by atoms with E-state index in [4.69, 9.17) is 4.74 Å². The second-order valence-corrected chi connectivity index (χ2v) is 6.76. The van der Waals surface area contributed by atoms with Crippen LogP contribution >= 0.6 is 0 Å². The predicted octanol–water partition coefficient (Wildman–Crippen LogP) is 4.18. The van der Waals surface area contributed by atoms with Crippen LogP contribution in [-0.4, -0.2) is 30.6 Å². The molecule has 0 radical (unpaired) electrons. The summed E-state index contributed by atoms with van der Waals surface area (Å²) in [6.45, 7) is 5.75. The number of ether oxygens (including phenoxy) is 1. The summed E-state index contributed by atoms with van der Waals surface area (Å²) in [4.78, 5) is 36.8. The topological polar surface area (TPSA) is 96.5 Å². The van der Waals surface area contributed by atoms with E-state index in [1.54, 1.807) is 37.3 Å². The highest BCUT2D eigenvalue weighted by Crippen LogP contribution is 2.15. The molecule has 2 aromatic rings. The fraction of sp³-hybridized carbons (Fsp3) is 0.318. The molecule has 2 unspecified atom stereocenters. The van der Waals surface area contributed by atoms with Gasteiger partial charge in [-0.1, -0.05) is 26.3 Å². The van der Waals surface area contributed by atoms with Gasteiger partial charge in [-0.2, -0.15) is 0 Å². The first-order valence-corrected chi connectivity index (χ1v) is 9.75. The van der Waals surface area contributed by atoms with Crippen molar-refractivity contribution in [2.45, 2.75) is 33.2 Å². The maximum atomic E-state index is 13.3. The average molecular weight is 415 g/mol. The van der Waals surface area contributed by atoms with Crippen LogP contribution < -0.4 is 16.0 Å². The molecule has 0 saturated carbocycles. The van der Waals surface area contributed by atoms with Gasteiger partial charge in [0.05, 0.1) is 12.2 Å². The molecular formula is C22H26FN3O4. The zero-order chi connectivity index (χ0) is 22.1. The van der Waals surface area contributed by atoms with Gasteiger partial charge in [-0.3, -0.25) is 4.79 Å². The summed E-state index contributed by atoms with van der Waals surface area (Å²) >= 11 is 0. The molecular weight excluding hydrogens is 389 g/mol. The largest absolute Gasteiger partial charge is 0.462 e. The van der Waals surface area contributed by atoms with Crippen molar-refractivity contribution in [1.29, 1.82) is 0 Å². The highest BCUT2D eigenvalue weighted by atomic mass is 19.1. The summed E-state index contributed by atoms with van der Waals surface area (Å²) in [5.74, 6) is -1.47. The smallest absolute Gasteiger partial charge is 0.338 e. The van der Waals surface area contributed by atoms with Crippen LogP contribution in [0, 0.1) is 11.7 Å². The third-order valence-corrected chi connectivity index (χ3v) is 4.53. The zero-order valence-electron chi connectivity index (χ0n) is 17.2. The number of hydrogen-bond donors (Lipinski definition) is 3. The fourth-order valence-corrected chi connectivity index (χ4v) is 2.70. The zero-order valence-corrected chi connectivity index (χ0v) is 17.2. The lowest BCUT2D eigenvalue weighted by molar-refractivity contribution is -0.119. The lowest BCUT2D eigenvalue weighted by Gasteiger charge is -2.23. The van der Waals surface area contributed by atoms with Gasteiger partial charge in [0.25, 0.3) is 0 Å². The summed E-state index contributed by atoms with van der Waals surface area (Å²) in [5, 5.41) is 7.90. The predicted molar refractivity (Wildman–Crippen MR) is 113 cm³/mol. The number of rotatable bonds is 8. The van der Waals surface area contributed by atoms with Gasteiger partial charge in [0.1, 0.15) is 11.9 Å². The monoisotopic (exact) mass is 415 g/mol. The Morgan fingerprint density at radius 3 is 2.30 bits per heavy atom. The standard InChI is InChI=1S/C22H26FN3O4/c1-4-14(3)19(26-22(29)25-18-8-6-7-16(23)13-18)20(27)24-17-11-9-15(10-12-17)21(28)30-5-2/h6-14,19H,4-5H2,1-3H3,(H,24,27)(H2,25,26,29). The molecule has 0 aliphatic heterocycles. The van der Waals surface area contributed by atoms with Crippen LogP contribution in [0.1, 0.15) is 37.6 Å². The molecule has 0 spiro atoms. The fourth-order valence-electron chi connectivity index (χ4n) is 2.70. The summed E-state index contributed by atoms with van der Waals surface area (Å²) in [6.07, 6.45) is 0.653. The van der Waals surface area contributed by atoms with Crippen LogP contribution in [0.4, 0.5) is 20.6 Å². The van der Waals surface area contributed by atoms with Crippen molar-refractivity contribution >= 4 is 29.3 Å². The number of amides is 3. The van der Waals surface area contributed by atoms with Crippen molar-refractivity contribution in [3.05, 3.63) is 59.9 Å². The van der Waals surface area contributed by atoms with Crippen LogP contribution in [0.3, 0.4) is 0 Å². The Hall–Kier alpha value is -3.42. The highest BCUT2D eigenvalue weighted by Gasteiger charge is 2.26. The van der Waals surface area contributed by atoms with Crippen molar-refractivity contribution in [3.63, 3.8) is 0 Å². The number of urea groups is 1. The number of anilines is 2. The maximum Gasteiger partial charge on any atom is 0.338 e. The maximum absolute atomic E-state index is 13.3. The van der Waals surface area contributed by atoms with E-state index in [1.807, 2.05) is 13.8 Å². The molecule has 3 amide bonds. The normalized spacial score (nSPS) is 12.4. The molecule has 0 heterocycles. The quantitative estimate of drug-likeness (QED) is 0.564. The summed E-state index contributed by atoms with van der Waals surface area (Å²) in [6, 6.07) is 10.3. The molecule has 7 nitrogen and oxygen atoms in total. The Bertz CT molecular complexity index is 886. The number of esters is 1. The van der Waals surface area contributed by atoms with Gasteiger partial charge in [0, 0.05) is 11.4 Å². The molecule has 8 heteroatoms. The van der Waals surface area contributed by atoms with E-state index in [1.165, 1.54) is 18.2 Å². The number of nitrogens with one attached hydrogen (secondary N) is 3. The summed E-state index contributed by atoms with van der Waals surface area (Å²) in [7, 11) is 0. The molecule has 160 valence electrons. The van der Waals surface area contributed by atoms with E-state index in [-0.39, 0.29) is 18.2 Å². The van der Waals surface area contributed by atoms with Crippen LogP contribution in [-0.2, 0) is 9.53 Å². The third kappa shape index (κ3) is 6.58. The minimum atomic E-state index is -0.812. The first kappa shape index (κ1) is 22.9. The van der Waals surface area contributed by atoms with Gasteiger partial charge >= 0.3 is 12.0 Å². The molecule has 0 aliphatic rings. The van der Waals surface area contributed by atoms with E-state index in [0.29, 0.717) is 17.7 Å². The second-order valence-electron chi connectivity index (χ2n) is 6.76. The summed E-state index contributed by atoms with van der Waals surface area (Å²) in [5.41, 5.74) is 1.14. The third-order valence-electron chi connectivity index (χ3n) is 4.53. The Labute approximate surface area is 175 Å². The van der Waals surface area contributed by atoms with Gasteiger partial charge in [0.15, 0.2) is 0 Å². The van der Waals surface area contributed by atoms with Crippen molar-refractivity contribution in [1.82, 2.24) is 5.32 Å². The molecule has 2 aromatic carbocycles. The Morgan fingerprint density at radius 1 is 1.00 bits per heavy atom. The van der Waals surface area contributed by atoms with Crippen molar-refractivity contribution in [2.24, 2.45) is 5.92 Å². The number of benzene rings is 2. The van der Waals surface area contributed by atoms with Gasteiger partial charge in [0.2, 0.25) is 5.91 Å². The van der Waals surface area contributed by atoms with Crippen LogP contribution in [0.15, 0.2) is 48.5 Å². The van der Waals surface area contributed by atoms with Crippen molar-refractivity contribution in [2.75, 3.05) is 17.2 Å². The molecule has 0 aliphatic carbocycles. The lowest BCUT2D eigenvalue weighted by Crippen LogP contribution is -2.49. The summed E-state index contributed by atoms with van der Waals surface area (Å²) < 4.78 is 18.2. The van der Waals surface area contributed by atoms with Gasteiger partial charge in [-0.15, -0.1) is 0 Å². The molecule has 0 aromatic heterocycles. The van der Waals surface area contributed by atoms with Crippen molar-refractivity contribution < 1.29 is 23.5 Å². The number of carbonyl (C=O) groups is 3. The van der Waals surface area contributed by atoms with E-state index in [0.717, 1.165) is 0 Å². The first-order chi connectivity index (χ1) is 14.3. The number of hydrogen-bond acceptors (Lipinski definition) is 4. The van der Waals surface area contributed by atoms with Gasteiger partial charge < -0.3 is 20.7 Å². The molecule has 0 saturated heterocycles. The van der Waals surface area contributed by atoms with Crippen molar-refractivity contribution in [3.8, 4) is 0 Å². The minimum Gasteiger partial charge on any atom is -0.462 e. The number of carbonyl (C=O) groups excluding carboxylic acids is 3. The molecule has 0 fully saturated rings. The second kappa shape index (κ2) is 10.9. The number of halogens is 1. The van der Waals surface area contributed by atoms with Crippen LogP contribution in [0.25, 0.3) is 0 Å². The van der Waals surface area contributed by atoms with E-state index < -0.39 is 29.8 Å². The van der Waals surface area contributed by atoms with E-state index >= 15 is 0 Å². The lowest BCUT2D eigenvalue weighted by atomic mass is 9.98. The van der Waals surface area contributed by atoms with E-state index in [9.17, 15) is 18.8 Å². The SMILES string of the molecule is CCOC(=O)c1ccc(NC(=O)C(NC(=O)Nc2cccc(F)c2)C(C)CC)cc1. The minimum absolute atomic E-state index is 0.151. The Kier molecular flexibility index (Phi) is 8.34. The van der Waals surface area contributed by atoms with Crippen LogP contribution in [0.2, 0.25) is 0 Å². The Balaban J connectivity index is 2.04.